The Hall–Kier alpha value is -1.55. The van der Waals surface area contributed by atoms with Gasteiger partial charge in [0.25, 0.3) is 5.91 Å². The van der Waals surface area contributed by atoms with Gasteiger partial charge in [-0.1, -0.05) is 6.07 Å². The molecule has 1 amide bonds. The second-order valence-electron chi connectivity index (χ2n) is 5.02. The van der Waals surface area contributed by atoms with Gasteiger partial charge in [-0.3, -0.25) is 4.79 Å². The highest BCUT2D eigenvalue weighted by Crippen LogP contribution is 2.20. The average Bonchev–Trinajstić information content (AvgIpc) is 2.94. The molecule has 0 aliphatic carbocycles. The molecule has 1 N–H and O–H groups in total. The molecule has 0 saturated heterocycles. The zero-order valence-corrected chi connectivity index (χ0v) is 12.7. The predicted octanol–water partition coefficient (Wildman–Crippen LogP) is 3.68. The maximum Gasteiger partial charge on any atom is 0.261 e. The summed E-state index contributed by atoms with van der Waals surface area (Å²) in [6.07, 6.45) is 0. The number of carbonyl (C=O) groups is 1. The number of hydrogen-bond donors (Lipinski definition) is 1. The summed E-state index contributed by atoms with van der Waals surface area (Å²) in [5.74, 6) is 0.00403. The summed E-state index contributed by atoms with van der Waals surface area (Å²) in [5, 5.41) is 4.90. The Kier molecular flexibility index (Phi) is 4.10. The number of nitrogens with zero attached hydrogens (tertiary/aromatic N) is 1. The summed E-state index contributed by atoms with van der Waals surface area (Å²) in [5.41, 5.74) is 3.67. The standard InChI is InChI=1S/C15H20N2OS/c1-10(2)17-11(3)8-13(12(17)4)9-16-15(18)14-6-5-7-19-14/h5-8,10H,9H2,1-4H3,(H,16,18). The van der Waals surface area contributed by atoms with E-state index >= 15 is 0 Å². The van der Waals surface area contributed by atoms with Crippen LogP contribution in [0.4, 0.5) is 0 Å². The van der Waals surface area contributed by atoms with Crippen LogP contribution >= 0.6 is 11.3 Å². The number of aryl methyl sites for hydroxylation is 1. The third-order valence-electron chi connectivity index (χ3n) is 3.29. The zero-order chi connectivity index (χ0) is 14.0. The monoisotopic (exact) mass is 276 g/mol. The van der Waals surface area contributed by atoms with E-state index in [0.717, 1.165) is 4.88 Å². The lowest BCUT2D eigenvalue weighted by atomic mass is 10.2. The van der Waals surface area contributed by atoms with Crippen molar-refractivity contribution in [2.75, 3.05) is 0 Å². The van der Waals surface area contributed by atoms with E-state index in [0.29, 0.717) is 12.6 Å². The van der Waals surface area contributed by atoms with E-state index in [4.69, 9.17) is 0 Å². The topological polar surface area (TPSA) is 34.0 Å². The molecule has 2 rings (SSSR count). The number of amides is 1. The van der Waals surface area contributed by atoms with E-state index in [1.807, 2.05) is 17.5 Å². The third kappa shape index (κ3) is 2.89. The number of hydrogen-bond acceptors (Lipinski definition) is 2. The van der Waals surface area contributed by atoms with Gasteiger partial charge in [0.2, 0.25) is 0 Å². The van der Waals surface area contributed by atoms with Gasteiger partial charge in [-0.05, 0) is 50.8 Å². The van der Waals surface area contributed by atoms with E-state index < -0.39 is 0 Å². The van der Waals surface area contributed by atoms with Crippen molar-refractivity contribution in [1.29, 1.82) is 0 Å². The van der Waals surface area contributed by atoms with Crippen LogP contribution in [0.1, 0.15) is 46.5 Å². The predicted molar refractivity (Wildman–Crippen MR) is 79.8 cm³/mol. The molecular weight excluding hydrogens is 256 g/mol. The normalized spacial score (nSPS) is 11.0. The summed E-state index contributed by atoms with van der Waals surface area (Å²) < 4.78 is 2.30. The Morgan fingerprint density at radius 3 is 2.68 bits per heavy atom. The van der Waals surface area contributed by atoms with Crippen LogP contribution < -0.4 is 5.32 Å². The molecule has 0 unspecified atom stereocenters. The van der Waals surface area contributed by atoms with Gasteiger partial charge in [-0.25, -0.2) is 0 Å². The van der Waals surface area contributed by atoms with Gasteiger partial charge in [0.1, 0.15) is 0 Å². The number of thiophene rings is 1. The summed E-state index contributed by atoms with van der Waals surface area (Å²) >= 11 is 1.47. The fourth-order valence-corrected chi connectivity index (χ4v) is 3.13. The van der Waals surface area contributed by atoms with Crippen molar-refractivity contribution in [2.45, 2.75) is 40.3 Å². The summed E-state index contributed by atoms with van der Waals surface area (Å²) in [6.45, 7) is 9.16. The largest absolute Gasteiger partial charge is 0.347 e. The minimum Gasteiger partial charge on any atom is -0.347 e. The number of nitrogens with one attached hydrogen (secondary N) is 1. The molecule has 0 aromatic carbocycles. The quantitative estimate of drug-likeness (QED) is 0.908. The molecule has 2 aromatic heterocycles. The van der Waals surface area contributed by atoms with Crippen molar-refractivity contribution in [2.24, 2.45) is 0 Å². The lowest BCUT2D eigenvalue weighted by molar-refractivity contribution is 0.0955. The molecule has 19 heavy (non-hydrogen) atoms. The molecule has 0 bridgehead atoms. The van der Waals surface area contributed by atoms with E-state index in [-0.39, 0.29) is 5.91 Å². The maximum absolute atomic E-state index is 11.9. The molecule has 0 aliphatic rings. The van der Waals surface area contributed by atoms with Gasteiger partial charge in [0.05, 0.1) is 4.88 Å². The van der Waals surface area contributed by atoms with Gasteiger partial charge < -0.3 is 9.88 Å². The zero-order valence-electron chi connectivity index (χ0n) is 11.9. The number of carbonyl (C=O) groups excluding carboxylic acids is 1. The molecule has 2 heterocycles. The minimum absolute atomic E-state index is 0.00403. The van der Waals surface area contributed by atoms with E-state index in [1.165, 1.54) is 28.3 Å². The Labute approximate surface area is 118 Å². The molecule has 0 radical (unpaired) electrons. The maximum atomic E-state index is 11.9. The second kappa shape index (κ2) is 5.61. The molecule has 0 spiro atoms. The van der Waals surface area contributed by atoms with Gasteiger partial charge in [0, 0.05) is 24.0 Å². The summed E-state index contributed by atoms with van der Waals surface area (Å²) in [7, 11) is 0. The highest BCUT2D eigenvalue weighted by Gasteiger charge is 2.12. The van der Waals surface area contributed by atoms with Crippen molar-refractivity contribution in [3.8, 4) is 0 Å². The molecule has 4 heteroatoms. The Balaban J connectivity index is 2.08. The highest BCUT2D eigenvalue weighted by atomic mass is 32.1. The Morgan fingerprint density at radius 2 is 2.16 bits per heavy atom. The van der Waals surface area contributed by atoms with Crippen LogP contribution in [-0.4, -0.2) is 10.5 Å². The molecular formula is C15H20N2OS. The SMILES string of the molecule is Cc1cc(CNC(=O)c2cccs2)c(C)n1C(C)C. The lowest BCUT2D eigenvalue weighted by Crippen LogP contribution is -2.22. The fraction of sp³-hybridized carbons (Fsp3) is 0.400. The molecule has 0 fully saturated rings. The van der Waals surface area contributed by atoms with Crippen LogP contribution in [0.2, 0.25) is 0 Å². The molecule has 0 atom stereocenters. The van der Waals surface area contributed by atoms with E-state index in [1.54, 1.807) is 0 Å². The van der Waals surface area contributed by atoms with Crippen LogP contribution in [-0.2, 0) is 6.54 Å². The van der Waals surface area contributed by atoms with Gasteiger partial charge in [-0.15, -0.1) is 11.3 Å². The first-order valence-electron chi connectivity index (χ1n) is 6.49. The first-order chi connectivity index (χ1) is 9.00. The average molecular weight is 276 g/mol. The molecule has 0 aliphatic heterocycles. The smallest absolute Gasteiger partial charge is 0.261 e. The second-order valence-corrected chi connectivity index (χ2v) is 5.97. The highest BCUT2D eigenvalue weighted by molar-refractivity contribution is 7.12. The fourth-order valence-electron chi connectivity index (χ4n) is 2.49. The van der Waals surface area contributed by atoms with Gasteiger partial charge in [-0.2, -0.15) is 0 Å². The number of rotatable bonds is 4. The first-order valence-corrected chi connectivity index (χ1v) is 7.37. The van der Waals surface area contributed by atoms with E-state index in [9.17, 15) is 4.79 Å². The summed E-state index contributed by atoms with van der Waals surface area (Å²) in [4.78, 5) is 12.7. The van der Waals surface area contributed by atoms with Crippen LogP contribution in [0, 0.1) is 13.8 Å². The van der Waals surface area contributed by atoms with E-state index in [2.05, 4.69) is 43.6 Å². The number of aromatic nitrogens is 1. The van der Waals surface area contributed by atoms with Crippen molar-refractivity contribution < 1.29 is 4.79 Å². The molecule has 0 saturated carbocycles. The van der Waals surface area contributed by atoms with Crippen LogP contribution in [0.3, 0.4) is 0 Å². The molecule has 102 valence electrons. The molecule has 3 nitrogen and oxygen atoms in total. The van der Waals surface area contributed by atoms with Gasteiger partial charge in [0.15, 0.2) is 0 Å². The third-order valence-corrected chi connectivity index (χ3v) is 4.16. The summed E-state index contributed by atoms with van der Waals surface area (Å²) in [6, 6.07) is 6.34. The molecule has 2 aromatic rings. The van der Waals surface area contributed by atoms with Crippen molar-refractivity contribution in [3.63, 3.8) is 0 Å². The van der Waals surface area contributed by atoms with Crippen molar-refractivity contribution in [1.82, 2.24) is 9.88 Å². The first kappa shape index (κ1) is 13.9. The van der Waals surface area contributed by atoms with Crippen molar-refractivity contribution >= 4 is 17.2 Å². The minimum atomic E-state index is 0.00403. The van der Waals surface area contributed by atoms with Crippen molar-refractivity contribution in [3.05, 3.63) is 45.4 Å². The lowest BCUT2D eigenvalue weighted by Gasteiger charge is -2.13. The van der Waals surface area contributed by atoms with Crippen LogP contribution in [0.5, 0.6) is 0 Å². The van der Waals surface area contributed by atoms with Crippen LogP contribution in [0.25, 0.3) is 0 Å². The Morgan fingerprint density at radius 1 is 1.42 bits per heavy atom. The van der Waals surface area contributed by atoms with Crippen LogP contribution in [0.15, 0.2) is 23.6 Å². The Bertz CT molecular complexity index is 567. The van der Waals surface area contributed by atoms with Gasteiger partial charge >= 0.3 is 0 Å².